The zero-order chi connectivity index (χ0) is 19.9. The Morgan fingerprint density at radius 3 is 2.52 bits per heavy atom. The highest BCUT2D eigenvalue weighted by Crippen LogP contribution is 2.25. The van der Waals surface area contributed by atoms with Gasteiger partial charge in [-0.2, -0.15) is 0 Å². The number of unbranched alkanes of at least 4 members (excludes halogenated alkanes) is 1. The number of rotatable bonds is 9. The molecule has 1 aliphatic rings. The van der Waals surface area contributed by atoms with Gasteiger partial charge in [-0.3, -0.25) is 14.4 Å². The maximum absolute atomic E-state index is 12.6. The third-order valence-electron chi connectivity index (χ3n) is 5.54. The highest BCUT2D eigenvalue weighted by Gasteiger charge is 2.40. The molecule has 0 aromatic heterocycles. The van der Waals surface area contributed by atoms with E-state index in [1.807, 2.05) is 25.1 Å². The van der Waals surface area contributed by atoms with Crippen LogP contribution in [0.25, 0.3) is 0 Å². The van der Waals surface area contributed by atoms with E-state index in [-0.39, 0.29) is 5.91 Å². The Morgan fingerprint density at radius 2 is 1.85 bits per heavy atom. The number of hydrogen-bond acceptors (Lipinski definition) is 3. The molecule has 1 atom stereocenters. The van der Waals surface area contributed by atoms with Crippen LogP contribution in [0.5, 0.6) is 0 Å². The fraction of sp³-hybridized carbons (Fsp3) is 0.591. The van der Waals surface area contributed by atoms with E-state index in [0.717, 1.165) is 25.7 Å². The number of nitrogens with one attached hydrogen (secondary N) is 1. The molecule has 0 radical (unpaired) electrons. The van der Waals surface area contributed by atoms with E-state index >= 15 is 0 Å². The monoisotopic (exact) mass is 372 g/mol. The summed E-state index contributed by atoms with van der Waals surface area (Å²) < 4.78 is 0. The number of ketones is 1. The van der Waals surface area contributed by atoms with E-state index in [1.54, 1.807) is 13.8 Å². The minimum absolute atomic E-state index is 0.136. The number of nitrogens with zero attached hydrogens (tertiary/aromatic N) is 1. The molecule has 5 nitrogen and oxygen atoms in total. The second-order valence-electron chi connectivity index (χ2n) is 7.96. The van der Waals surface area contributed by atoms with Crippen LogP contribution in [-0.4, -0.2) is 41.6 Å². The maximum atomic E-state index is 12.6. The van der Waals surface area contributed by atoms with Crippen LogP contribution in [0.1, 0.15) is 58.4 Å². The van der Waals surface area contributed by atoms with Crippen molar-refractivity contribution >= 4 is 17.6 Å². The number of amides is 2. The van der Waals surface area contributed by atoms with Gasteiger partial charge >= 0.3 is 0 Å². The molecule has 5 heteroatoms. The summed E-state index contributed by atoms with van der Waals surface area (Å²) in [5.41, 5.74) is 0.617. The Kier molecular flexibility index (Phi) is 7.57. The molecule has 1 aromatic rings. The van der Waals surface area contributed by atoms with Crippen LogP contribution in [0.15, 0.2) is 30.3 Å². The van der Waals surface area contributed by atoms with Gasteiger partial charge in [0.2, 0.25) is 11.7 Å². The fourth-order valence-electron chi connectivity index (χ4n) is 3.29. The van der Waals surface area contributed by atoms with Gasteiger partial charge in [0.05, 0.1) is 0 Å². The van der Waals surface area contributed by atoms with Crippen LogP contribution in [-0.2, 0) is 20.8 Å². The van der Waals surface area contributed by atoms with Crippen molar-refractivity contribution in [2.75, 3.05) is 13.1 Å². The molecule has 1 fully saturated rings. The zero-order valence-electron chi connectivity index (χ0n) is 16.8. The quantitative estimate of drug-likeness (QED) is 0.535. The molecule has 0 saturated carbocycles. The Balaban J connectivity index is 1.79. The molecule has 1 aliphatic heterocycles. The number of carbonyl (C=O) groups excluding carboxylic acids is 3. The molecule has 0 bridgehead atoms. The van der Waals surface area contributed by atoms with E-state index in [2.05, 4.69) is 17.4 Å². The molecular weight excluding hydrogens is 340 g/mol. The SMILES string of the molecule is CCC(C)(C)C(=O)C(=O)N1CCC[C@H]1C(=O)NCCCCc1ccccc1. The van der Waals surface area contributed by atoms with Crippen LogP contribution < -0.4 is 5.32 Å². The van der Waals surface area contributed by atoms with Crippen LogP contribution in [0.3, 0.4) is 0 Å². The predicted molar refractivity (Wildman–Crippen MR) is 106 cm³/mol. The summed E-state index contributed by atoms with van der Waals surface area (Å²) in [5.74, 6) is -1.04. The van der Waals surface area contributed by atoms with Crippen molar-refractivity contribution < 1.29 is 14.4 Å². The Morgan fingerprint density at radius 1 is 1.15 bits per heavy atom. The van der Waals surface area contributed by atoms with Crippen LogP contribution >= 0.6 is 0 Å². The molecule has 1 N–H and O–H groups in total. The van der Waals surface area contributed by atoms with Crippen LogP contribution in [0.2, 0.25) is 0 Å². The maximum Gasteiger partial charge on any atom is 0.291 e. The van der Waals surface area contributed by atoms with Gasteiger partial charge in [0.15, 0.2) is 0 Å². The molecule has 0 spiro atoms. The van der Waals surface area contributed by atoms with Crippen LogP contribution in [0.4, 0.5) is 0 Å². The lowest BCUT2D eigenvalue weighted by Gasteiger charge is -2.27. The molecule has 27 heavy (non-hydrogen) atoms. The van der Waals surface area contributed by atoms with Crippen molar-refractivity contribution in [3.63, 3.8) is 0 Å². The standard InChI is InChI=1S/C22H32N2O3/c1-4-22(2,3)19(25)21(27)24-16-10-14-18(24)20(26)23-15-9-8-13-17-11-6-5-7-12-17/h5-7,11-12,18H,4,8-10,13-16H2,1-3H3,(H,23,26)/t18-/m0/s1. The first kappa shape index (κ1) is 21.1. The number of aryl methyl sites for hydroxylation is 1. The zero-order valence-corrected chi connectivity index (χ0v) is 16.8. The van der Waals surface area contributed by atoms with Gasteiger partial charge in [0.1, 0.15) is 6.04 Å². The molecule has 0 unspecified atom stereocenters. The van der Waals surface area contributed by atoms with Gasteiger partial charge in [-0.05, 0) is 44.1 Å². The molecule has 2 rings (SSSR count). The van der Waals surface area contributed by atoms with E-state index in [4.69, 9.17) is 0 Å². The first-order chi connectivity index (χ1) is 12.9. The minimum atomic E-state index is -0.682. The highest BCUT2D eigenvalue weighted by atomic mass is 16.2. The Bertz CT molecular complexity index is 655. The number of carbonyl (C=O) groups is 3. The average Bonchev–Trinajstić information content (AvgIpc) is 3.17. The van der Waals surface area contributed by atoms with Crippen molar-refractivity contribution in [1.29, 1.82) is 0 Å². The highest BCUT2D eigenvalue weighted by molar-refractivity contribution is 6.38. The van der Waals surface area contributed by atoms with Crippen molar-refractivity contribution in [2.45, 2.75) is 65.3 Å². The Labute approximate surface area is 162 Å². The van der Waals surface area contributed by atoms with Gasteiger partial charge in [0.25, 0.3) is 5.91 Å². The summed E-state index contributed by atoms with van der Waals surface area (Å²) in [5, 5.41) is 2.94. The van der Waals surface area contributed by atoms with Crippen molar-refractivity contribution in [1.82, 2.24) is 10.2 Å². The number of benzene rings is 1. The number of hydrogen-bond donors (Lipinski definition) is 1. The van der Waals surface area contributed by atoms with E-state index < -0.39 is 23.1 Å². The normalized spacial score (nSPS) is 17.0. The average molecular weight is 373 g/mol. The molecule has 1 heterocycles. The van der Waals surface area contributed by atoms with Gasteiger partial charge in [0, 0.05) is 18.5 Å². The first-order valence-electron chi connectivity index (χ1n) is 10.0. The molecule has 148 valence electrons. The predicted octanol–water partition coefficient (Wildman–Crippen LogP) is 3.12. The third-order valence-corrected chi connectivity index (χ3v) is 5.54. The summed E-state index contributed by atoms with van der Waals surface area (Å²) in [7, 11) is 0. The third kappa shape index (κ3) is 5.65. The summed E-state index contributed by atoms with van der Waals surface area (Å²) in [4.78, 5) is 39.0. The fourth-order valence-corrected chi connectivity index (χ4v) is 3.29. The van der Waals surface area contributed by atoms with Crippen molar-refractivity contribution in [3.8, 4) is 0 Å². The number of likely N-dealkylation sites (tertiary alicyclic amines) is 1. The lowest BCUT2D eigenvalue weighted by molar-refractivity contribution is -0.151. The molecule has 1 aromatic carbocycles. The Hall–Kier alpha value is -2.17. The second kappa shape index (κ2) is 9.67. The lowest BCUT2D eigenvalue weighted by atomic mass is 9.84. The summed E-state index contributed by atoms with van der Waals surface area (Å²) in [6.45, 7) is 6.54. The van der Waals surface area contributed by atoms with Crippen LogP contribution in [0, 0.1) is 5.41 Å². The summed E-state index contributed by atoms with van der Waals surface area (Å²) >= 11 is 0. The molecular formula is C22H32N2O3. The topological polar surface area (TPSA) is 66.5 Å². The van der Waals surface area contributed by atoms with Gasteiger partial charge in [-0.15, -0.1) is 0 Å². The lowest BCUT2D eigenvalue weighted by Crippen LogP contribution is -2.50. The minimum Gasteiger partial charge on any atom is -0.354 e. The first-order valence-corrected chi connectivity index (χ1v) is 10.0. The summed E-state index contributed by atoms with van der Waals surface area (Å²) in [6.07, 6.45) is 4.87. The largest absolute Gasteiger partial charge is 0.354 e. The van der Waals surface area contributed by atoms with Crippen molar-refractivity contribution in [2.24, 2.45) is 5.41 Å². The van der Waals surface area contributed by atoms with Gasteiger partial charge < -0.3 is 10.2 Å². The molecule has 0 aliphatic carbocycles. The van der Waals surface area contributed by atoms with E-state index in [1.165, 1.54) is 10.5 Å². The number of Topliss-reactive ketones (excluding diaryl/α,β-unsaturated/α-hetero) is 1. The second-order valence-corrected chi connectivity index (χ2v) is 7.96. The van der Waals surface area contributed by atoms with Gasteiger partial charge in [-0.25, -0.2) is 0 Å². The smallest absolute Gasteiger partial charge is 0.291 e. The molecule has 1 saturated heterocycles. The van der Waals surface area contributed by atoms with E-state index in [0.29, 0.717) is 25.9 Å². The van der Waals surface area contributed by atoms with Crippen molar-refractivity contribution in [3.05, 3.63) is 35.9 Å². The summed E-state index contributed by atoms with van der Waals surface area (Å²) in [6, 6.07) is 9.77. The van der Waals surface area contributed by atoms with E-state index in [9.17, 15) is 14.4 Å². The molecule has 2 amide bonds. The van der Waals surface area contributed by atoms with Gasteiger partial charge in [-0.1, -0.05) is 51.1 Å².